The van der Waals surface area contributed by atoms with E-state index in [0.717, 1.165) is 10.5 Å². The number of carbonyl (C=O) groups excluding carboxylic acids is 3. The molecule has 0 atom stereocenters. The molecule has 0 aliphatic carbocycles. The van der Waals surface area contributed by atoms with Gasteiger partial charge in [-0.2, -0.15) is 0 Å². The van der Waals surface area contributed by atoms with E-state index in [9.17, 15) is 14.4 Å². The zero-order valence-electron chi connectivity index (χ0n) is 13.6. The topological polar surface area (TPSA) is 84.9 Å². The molecule has 0 aliphatic heterocycles. The molecule has 0 spiro atoms. The molecule has 1 rings (SSSR count). The Hall–Kier alpha value is -2.57. The lowest BCUT2D eigenvalue weighted by atomic mass is 10.2. The van der Waals surface area contributed by atoms with E-state index < -0.39 is 24.1 Å². The predicted molar refractivity (Wildman–Crippen MR) is 83.6 cm³/mol. The molecule has 7 nitrogen and oxygen atoms in total. The lowest BCUT2D eigenvalue weighted by Crippen LogP contribution is -2.49. The maximum Gasteiger partial charge on any atom is 0.418 e. The summed E-state index contributed by atoms with van der Waals surface area (Å²) in [6.07, 6.45) is -0.773. The molecule has 126 valence electrons. The van der Waals surface area contributed by atoms with Crippen molar-refractivity contribution in [3.05, 3.63) is 35.9 Å². The van der Waals surface area contributed by atoms with Crippen molar-refractivity contribution in [2.45, 2.75) is 33.4 Å². The van der Waals surface area contributed by atoms with E-state index in [-0.39, 0.29) is 19.8 Å². The van der Waals surface area contributed by atoms with Crippen LogP contribution >= 0.6 is 0 Å². The SMILES string of the molecule is CCOC(=O)CNC(=O)N(C(=O)OCc1ccccc1)C(C)C. The standard InChI is InChI=1S/C16H22N2O5/c1-4-22-14(19)10-17-15(20)18(12(2)3)16(21)23-11-13-8-6-5-7-9-13/h5-9,12H,4,10-11H2,1-3H3,(H,17,20). The Morgan fingerprint density at radius 1 is 1.13 bits per heavy atom. The van der Waals surface area contributed by atoms with Gasteiger partial charge in [0.15, 0.2) is 0 Å². The molecule has 1 aromatic carbocycles. The van der Waals surface area contributed by atoms with E-state index >= 15 is 0 Å². The van der Waals surface area contributed by atoms with Crippen LogP contribution in [0.25, 0.3) is 0 Å². The third-order valence-corrected chi connectivity index (χ3v) is 2.83. The number of nitrogens with one attached hydrogen (secondary N) is 1. The highest BCUT2D eigenvalue weighted by molar-refractivity contribution is 5.92. The van der Waals surface area contributed by atoms with Crippen molar-refractivity contribution in [1.82, 2.24) is 10.2 Å². The van der Waals surface area contributed by atoms with E-state index in [1.165, 1.54) is 0 Å². The van der Waals surface area contributed by atoms with Crippen LogP contribution in [0.3, 0.4) is 0 Å². The minimum atomic E-state index is -0.773. The molecular weight excluding hydrogens is 300 g/mol. The van der Waals surface area contributed by atoms with Crippen molar-refractivity contribution in [2.75, 3.05) is 13.2 Å². The minimum absolute atomic E-state index is 0.0635. The van der Waals surface area contributed by atoms with Crippen LogP contribution in [-0.2, 0) is 20.9 Å². The van der Waals surface area contributed by atoms with Gasteiger partial charge in [0.05, 0.1) is 6.61 Å². The second-order valence-corrected chi connectivity index (χ2v) is 4.97. The fraction of sp³-hybridized carbons (Fsp3) is 0.438. The summed E-state index contributed by atoms with van der Waals surface area (Å²) in [5.41, 5.74) is 0.816. The molecule has 0 bridgehead atoms. The molecule has 0 saturated heterocycles. The number of carbonyl (C=O) groups is 3. The summed E-state index contributed by atoms with van der Waals surface area (Å²) in [6, 6.07) is 8.02. The summed E-state index contributed by atoms with van der Waals surface area (Å²) in [5, 5.41) is 2.34. The molecule has 0 aromatic heterocycles. The largest absolute Gasteiger partial charge is 0.465 e. The number of amides is 3. The van der Waals surface area contributed by atoms with Gasteiger partial charge in [-0.1, -0.05) is 30.3 Å². The van der Waals surface area contributed by atoms with Crippen molar-refractivity contribution in [3.63, 3.8) is 0 Å². The van der Waals surface area contributed by atoms with Gasteiger partial charge in [0.1, 0.15) is 13.2 Å². The normalized spacial score (nSPS) is 10.1. The first-order chi connectivity index (χ1) is 11.0. The van der Waals surface area contributed by atoms with Crippen LogP contribution in [0.5, 0.6) is 0 Å². The van der Waals surface area contributed by atoms with Crippen molar-refractivity contribution in [1.29, 1.82) is 0 Å². The molecule has 0 saturated carbocycles. The Balaban J connectivity index is 2.57. The van der Waals surface area contributed by atoms with Crippen molar-refractivity contribution < 1.29 is 23.9 Å². The fourth-order valence-electron chi connectivity index (χ4n) is 1.76. The molecule has 0 heterocycles. The molecule has 1 aromatic rings. The molecule has 7 heteroatoms. The first kappa shape index (κ1) is 18.5. The number of ether oxygens (including phenoxy) is 2. The van der Waals surface area contributed by atoms with Gasteiger partial charge in [-0.15, -0.1) is 0 Å². The Labute approximate surface area is 135 Å². The zero-order valence-corrected chi connectivity index (χ0v) is 13.6. The Morgan fingerprint density at radius 2 is 1.78 bits per heavy atom. The minimum Gasteiger partial charge on any atom is -0.465 e. The maximum atomic E-state index is 12.1. The van der Waals surface area contributed by atoms with E-state index in [1.807, 2.05) is 30.3 Å². The third kappa shape index (κ3) is 6.37. The van der Waals surface area contributed by atoms with E-state index in [0.29, 0.717) is 0 Å². The number of rotatable bonds is 6. The number of hydrogen-bond acceptors (Lipinski definition) is 5. The van der Waals surface area contributed by atoms with Crippen LogP contribution < -0.4 is 5.32 Å². The second-order valence-electron chi connectivity index (χ2n) is 4.97. The number of nitrogens with zero attached hydrogens (tertiary/aromatic N) is 1. The zero-order chi connectivity index (χ0) is 17.2. The first-order valence-corrected chi connectivity index (χ1v) is 7.39. The quantitative estimate of drug-likeness (QED) is 0.812. The third-order valence-electron chi connectivity index (χ3n) is 2.83. The van der Waals surface area contributed by atoms with Crippen molar-refractivity contribution in [3.8, 4) is 0 Å². The molecule has 0 unspecified atom stereocenters. The number of urea groups is 1. The summed E-state index contributed by atoms with van der Waals surface area (Å²) in [6.45, 7) is 5.00. The van der Waals surface area contributed by atoms with Gasteiger partial charge in [-0.25, -0.2) is 14.5 Å². The Kier molecular flexibility index (Phi) is 7.59. The summed E-state index contributed by atoms with van der Waals surface area (Å²) >= 11 is 0. The van der Waals surface area contributed by atoms with Gasteiger partial charge in [0, 0.05) is 6.04 Å². The average Bonchev–Trinajstić information content (AvgIpc) is 2.52. The van der Waals surface area contributed by atoms with Crippen LogP contribution in [0.2, 0.25) is 0 Å². The summed E-state index contributed by atoms with van der Waals surface area (Å²) in [4.78, 5) is 36.3. The highest BCUT2D eigenvalue weighted by Gasteiger charge is 2.26. The van der Waals surface area contributed by atoms with Gasteiger partial charge in [-0.05, 0) is 26.3 Å². The van der Waals surface area contributed by atoms with Gasteiger partial charge in [0.2, 0.25) is 0 Å². The lowest BCUT2D eigenvalue weighted by molar-refractivity contribution is -0.141. The number of imide groups is 1. The predicted octanol–water partition coefficient (Wildman–Crippen LogP) is 2.31. The Morgan fingerprint density at radius 3 is 2.35 bits per heavy atom. The molecule has 0 radical (unpaired) electrons. The molecule has 0 fully saturated rings. The van der Waals surface area contributed by atoms with Gasteiger partial charge >= 0.3 is 18.1 Å². The van der Waals surface area contributed by atoms with E-state index in [1.54, 1.807) is 20.8 Å². The molecule has 0 aliphatic rings. The van der Waals surface area contributed by atoms with Crippen LogP contribution in [0.15, 0.2) is 30.3 Å². The molecule has 23 heavy (non-hydrogen) atoms. The molecule has 3 amide bonds. The highest BCUT2D eigenvalue weighted by atomic mass is 16.6. The summed E-state index contributed by atoms with van der Waals surface area (Å²) < 4.78 is 9.85. The highest BCUT2D eigenvalue weighted by Crippen LogP contribution is 2.06. The average molecular weight is 322 g/mol. The second kappa shape index (κ2) is 9.45. The summed E-state index contributed by atoms with van der Waals surface area (Å²) in [7, 11) is 0. The van der Waals surface area contributed by atoms with Crippen molar-refractivity contribution in [2.24, 2.45) is 0 Å². The van der Waals surface area contributed by atoms with Gasteiger partial charge < -0.3 is 14.8 Å². The van der Waals surface area contributed by atoms with E-state index in [2.05, 4.69) is 5.32 Å². The first-order valence-electron chi connectivity index (χ1n) is 7.39. The lowest BCUT2D eigenvalue weighted by Gasteiger charge is -2.24. The van der Waals surface area contributed by atoms with E-state index in [4.69, 9.17) is 9.47 Å². The Bertz CT molecular complexity index is 531. The van der Waals surface area contributed by atoms with Gasteiger partial charge in [-0.3, -0.25) is 4.79 Å². The van der Waals surface area contributed by atoms with Crippen LogP contribution in [0.4, 0.5) is 9.59 Å². The molecular formula is C16H22N2O5. The number of esters is 1. The number of benzene rings is 1. The molecule has 1 N–H and O–H groups in total. The van der Waals surface area contributed by atoms with Crippen LogP contribution in [0, 0.1) is 0 Å². The van der Waals surface area contributed by atoms with Crippen LogP contribution in [0.1, 0.15) is 26.3 Å². The fourth-order valence-corrected chi connectivity index (χ4v) is 1.76. The van der Waals surface area contributed by atoms with Gasteiger partial charge in [0.25, 0.3) is 0 Å². The maximum absolute atomic E-state index is 12.1. The summed E-state index contributed by atoms with van der Waals surface area (Å²) in [5.74, 6) is -0.567. The van der Waals surface area contributed by atoms with Crippen LogP contribution in [-0.4, -0.2) is 42.2 Å². The smallest absolute Gasteiger partial charge is 0.418 e. The van der Waals surface area contributed by atoms with Crippen molar-refractivity contribution >= 4 is 18.1 Å². The monoisotopic (exact) mass is 322 g/mol. The number of hydrogen-bond donors (Lipinski definition) is 1.